The number of hydrogen-bond donors (Lipinski definition) is 2. The van der Waals surface area contributed by atoms with Crippen molar-refractivity contribution in [1.29, 1.82) is 0 Å². The first-order valence-electron chi connectivity index (χ1n) is 8.19. The lowest BCUT2D eigenvalue weighted by atomic mass is 9.85. The first-order chi connectivity index (χ1) is 10.8. The third-order valence-corrected chi connectivity index (χ3v) is 4.80. The van der Waals surface area contributed by atoms with Crippen LogP contribution in [0.25, 0.3) is 0 Å². The highest BCUT2D eigenvalue weighted by molar-refractivity contribution is 5.85. The Kier molecular flexibility index (Phi) is 9.16. The highest BCUT2D eigenvalue weighted by Gasteiger charge is 2.31. The van der Waals surface area contributed by atoms with Crippen LogP contribution in [-0.2, 0) is 4.74 Å². The smallest absolute Gasteiger partial charge is 0.160 e. The molecule has 0 radical (unpaired) electrons. The molecule has 0 unspecified atom stereocenters. The summed E-state index contributed by atoms with van der Waals surface area (Å²) >= 11 is 0. The largest absolute Gasteiger partial charge is 0.504 e. The molecule has 1 atom stereocenters. The van der Waals surface area contributed by atoms with E-state index >= 15 is 0 Å². The molecule has 0 aliphatic carbocycles. The van der Waals surface area contributed by atoms with E-state index in [4.69, 9.17) is 9.47 Å². The molecule has 0 amide bonds. The summed E-state index contributed by atoms with van der Waals surface area (Å²) in [6.45, 7) is 5.89. The number of ether oxygens (including phenoxy) is 2. The topological polar surface area (TPSA) is 54.0 Å². The molecule has 7 heteroatoms. The zero-order valence-corrected chi connectivity index (χ0v) is 15.7. The monoisotopic (exact) mass is 378 g/mol. The van der Waals surface area contributed by atoms with E-state index in [1.165, 1.54) is 5.56 Å². The fourth-order valence-corrected chi connectivity index (χ4v) is 3.65. The van der Waals surface area contributed by atoms with Crippen LogP contribution in [0.2, 0.25) is 0 Å². The van der Waals surface area contributed by atoms with E-state index in [9.17, 15) is 5.11 Å². The fourth-order valence-electron chi connectivity index (χ4n) is 3.65. The highest BCUT2D eigenvalue weighted by Crippen LogP contribution is 2.38. The van der Waals surface area contributed by atoms with E-state index in [2.05, 4.69) is 10.2 Å². The maximum atomic E-state index is 9.87. The second-order valence-corrected chi connectivity index (χ2v) is 6.11. The van der Waals surface area contributed by atoms with E-state index in [-0.39, 0.29) is 30.6 Å². The standard InChI is InChI=1S/C17H26N2O3.2ClH/c1-21-16-12-14(2-3-15(16)20)17(13-4-10-22-11-5-13)19-8-6-18-7-9-19;;/h2-3,12-13,17-18,20H,4-11H2,1H3;2*1H/t17-;;/m0../s1. The van der Waals surface area contributed by atoms with Crippen molar-refractivity contribution in [1.82, 2.24) is 10.2 Å². The van der Waals surface area contributed by atoms with Gasteiger partial charge in [-0.1, -0.05) is 6.07 Å². The zero-order chi connectivity index (χ0) is 15.4. The van der Waals surface area contributed by atoms with E-state index in [0.29, 0.717) is 17.7 Å². The lowest BCUT2D eigenvalue weighted by molar-refractivity contribution is 0.0212. The van der Waals surface area contributed by atoms with Crippen molar-refractivity contribution in [3.8, 4) is 11.5 Å². The Balaban J connectivity index is 0.00000144. The normalized spacial score (nSPS) is 20.5. The number of halogens is 2. The van der Waals surface area contributed by atoms with Crippen LogP contribution in [-0.4, -0.2) is 56.5 Å². The van der Waals surface area contributed by atoms with Gasteiger partial charge in [-0.05, 0) is 36.5 Å². The molecule has 0 saturated carbocycles. The first-order valence-corrected chi connectivity index (χ1v) is 8.19. The number of piperazine rings is 1. The first kappa shape index (κ1) is 21.3. The van der Waals surface area contributed by atoms with Crippen LogP contribution >= 0.6 is 24.8 Å². The van der Waals surface area contributed by atoms with Crippen LogP contribution < -0.4 is 10.1 Å². The van der Waals surface area contributed by atoms with Gasteiger partial charge in [0.2, 0.25) is 0 Å². The second-order valence-electron chi connectivity index (χ2n) is 6.11. The molecule has 0 aromatic heterocycles. The van der Waals surface area contributed by atoms with Gasteiger partial charge in [0.15, 0.2) is 11.5 Å². The Morgan fingerprint density at radius 3 is 2.50 bits per heavy atom. The average molecular weight is 379 g/mol. The van der Waals surface area contributed by atoms with Crippen molar-refractivity contribution >= 4 is 24.8 Å². The average Bonchev–Trinajstić information content (AvgIpc) is 2.58. The van der Waals surface area contributed by atoms with Crippen molar-refractivity contribution in [2.24, 2.45) is 5.92 Å². The van der Waals surface area contributed by atoms with Crippen molar-refractivity contribution < 1.29 is 14.6 Å². The molecular weight excluding hydrogens is 351 g/mol. The number of nitrogens with one attached hydrogen (secondary N) is 1. The maximum absolute atomic E-state index is 9.87. The van der Waals surface area contributed by atoms with Gasteiger partial charge in [0.25, 0.3) is 0 Å². The van der Waals surface area contributed by atoms with Crippen molar-refractivity contribution in [3.63, 3.8) is 0 Å². The van der Waals surface area contributed by atoms with Gasteiger partial charge >= 0.3 is 0 Å². The predicted molar refractivity (Wildman–Crippen MR) is 99.9 cm³/mol. The molecule has 2 heterocycles. The molecule has 24 heavy (non-hydrogen) atoms. The molecule has 3 rings (SSSR count). The number of phenolic OH excluding ortho intramolecular Hbond substituents is 1. The van der Waals surface area contributed by atoms with Crippen LogP contribution in [0.15, 0.2) is 18.2 Å². The predicted octanol–water partition coefficient (Wildman–Crippen LogP) is 2.62. The minimum Gasteiger partial charge on any atom is -0.504 e. The molecule has 138 valence electrons. The van der Waals surface area contributed by atoms with Gasteiger partial charge in [0.1, 0.15) is 0 Å². The number of methoxy groups -OCH3 is 1. The van der Waals surface area contributed by atoms with Crippen LogP contribution in [0.1, 0.15) is 24.4 Å². The third-order valence-electron chi connectivity index (χ3n) is 4.80. The maximum Gasteiger partial charge on any atom is 0.160 e. The number of nitrogens with zero attached hydrogens (tertiary/aromatic N) is 1. The van der Waals surface area contributed by atoms with Gasteiger partial charge in [0, 0.05) is 45.4 Å². The van der Waals surface area contributed by atoms with Gasteiger partial charge in [0.05, 0.1) is 7.11 Å². The number of hydrogen-bond acceptors (Lipinski definition) is 5. The Labute approximate surface area is 156 Å². The molecule has 0 bridgehead atoms. The number of benzene rings is 1. The Hall–Kier alpha value is -0.720. The van der Waals surface area contributed by atoms with Gasteiger partial charge in [-0.25, -0.2) is 0 Å². The molecule has 2 saturated heterocycles. The van der Waals surface area contributed by atoms with E-state index in [1.54, 1.807) is 13.2 Å². The zero-order valence-electron chi connectivity index (χ0n) is 14.1. The number of phenols is 1. The van der Waals surface area contributed by atoms with Crippen molar-refractivity contribution in [3.05, 3.63) is 23.8 Å². The molecule has 1 aromatic rings. The van der Waals surface area contributed by atoms with Crippen LogP contribution in [0.3, 0.4) is 0 Å². The van der Waals surface area contributed by atoms with Crippen LogP contribution in [0, 0.1) is 5.92 Å². The SMILES string of the molecule is COc1cc([C@H](C2CCOCC2)N2CCNCC2)ccc1O.Cl.Cl. The van der Waals surface area contributed by atoms with E-state index in [0.717, 1.165) is 52.2 Å². The van der Waals surface area contributed by atoms with Crippen LogP contribution in [0.4, 0.5) is 0 Å². The van der Waals surface area contributed by atoms with Gasteiger partial charge in [-0.2, -0.15) is 0 Å². The van der Waals surface area contributed by atoms with E-state index < -0.39 is 0 Å². The van der Waals surface area contributed by atoms with E-state index in [1.807, 2.05) is 12.1 Å². The van der Waals surface area contributed by atoms with Crippen molar-refractivity contribution in [2.75, 3.05) is 46.5 Å². The summed E-state index contributed by atoms with van der Waals surface area (Å²) < 4.78 is 10.8. The number of aromatic hydroxyl groups is 1. The highest BCUT2D eigenvalue weighted by atomic mass is 35.5. The van der Waals surface area contributed by atoms with Gasteiger partial charge in [-0.3, -0.25) is 4.90 Å². The summed E-state index contributed by atoms with van der Waals surface area (Å²) in [5, 5.41) is 13.3. The second kappa shape index (κ2) is 10.3. The minimum atomic E-state index is 0. The summed E-state index contributed by atoms with van der Waals surface area (Å²) in [4.78, 5) is 2.57. The number of rotatable bonds is 4. The molecule has 0 spiro atoms. The quantitative estimate of drug-likeness (QED) is 0.843. The minimum absolute atomic E-state index is 0. The molecule has 5 nitrogen and oxygen atoms in total. The summed E-state index contributed by atoms with van der Waals surface area (Å²) in [5.41, 5.74) is 1.24. The van der Waals surface area contributed by atoms with Gasteiger partial charge < -0.3 is 19.9 Å². The Morgan fingerprint density at radius 2 is 1.88 bits per heavy atom. The fraction of sp³-hybridized carbons (Fsp3) is 0.647. The summed E-state index contributed by atoms with van der Waals surface area (Å²) in [6.07, 6.45) is 2.19. The summed E-state index contributed by atoms with van der Waals surface area (Å²) in [5.74, 6) is 1.36. The van der Waals surface area contributed by atoms with Crippen LogP contribution in [0.5, 0.6) is 11.5 Å². The van der Waals surface area contributed by atoms with Gasteiger partial charge in [-0.15, -0.1) is 24.8 Å². The lowest BCUT2D eigenvalue weighted by Crippen LogP contribution is -2.47. The molecule has 2 N–H and O–H groups in total. The van der Waals surface area contributed by atoms with Crippen molar-refractivity contribution in [2.45, 2.75) is 18.9 Å². The summed E-state index contributed by atoms with van der Waals surface area (Å²) in [7, 11) is 1.60. The Morgan fingerprint density at radius 1 is 1.21 bits per heavy atom. The molecule has 2 aliphatic rings. The molecule has 2 aliphatic heterocycles. The Bertz CT molecular complexity index is 475. The lowest BCUT2D eigenvalue weighted by Gasteiger charge is -2.41. The summed E-state index contributed by atoms with van der Waals surface area (Å²) in [6, 6.07) is 6.17. The molecular formula is C17H28Cl2N2O3. The third kappa shape index (κ3) is 4.90. The molecule has 2 fully saturated rings. The molecule has 1 aromatic carbocycles.